The van der Waals surface area contributed by atoms with Gasteiger partial charge in [0.25, 0.3) is 0 Å². The Morgan fingerprint density at radius 3 is 2.52 bits per heavy atom. The smallest absolute Gasteiger partial charge is 0.303 e. The zero-order chi connectivity index (χ0) is 16.2. The molecule has 0 bridgehead atoms. The first-order chi connectivity index (χ1) is 9.66. The Morgan fingerprint density at radius 1 is 1.43 bits per heavy atom. The largest absolute Gasteiger partial charge is 0.481 e. The second kappa shape index (κ2) is 7.33. The highest BCUT2D eigenvalue weighted by atomic mass is 79.9. The summed E-state index contributed by atoms with van der Waals surface area (Å²) in [6.07, 6.45) is 0.0825. The number of aliphatic carboxylic acids is 1. The van der Waals surface area contributed by atoms with Gasteiger partial charge in [0.2, 0.25) is 10.0 Å². The Hall–Kier alpha value is -0.990. The summed E-state index contributed by atoms with van der Waals surface area (Å²) in [4.78, 5) is 10.4. The third-order valence-electron chi connectivity index (χ3n) is 2.84. The van der Waals surface area contributed by atoms with Crippen LogP contribution in [0.1, 0.15) is 26.7 Å². The molecule has 0 aliphatic carbocycles. The van der Waals surface area contributed by atoms with Gasteiger partial charge in [0, 0.05) is 19.0 Å². The van der Waals surface area contributed by atoms with Crippen LogP contribution < -0.4 is 0 Å². The average Bonchev–Trinajstić information content (AvgIpc) is 2.36. The molecular weight excluding hydrogens is 365 g/mol. The lowest BCUT2D eigenvalue weighted by molar-refractivity contribution is -0.137. The monoisotopic (exact) mass is 381 g/mol. The van der Waals surface area contributed by atoms with E-state index in [2.05, 4.69) is 15.9 Å². The number of halogens is 2. The van der Waals surface area contributed by atoms with Crippen LogP contribution in [0.2, 0.25) is 0 Å². The number of hydrogen-bond acceptors (Lipinski definition) is 3. The zero-order valence-electron chi connectivity index (χ0n) is 11.7. The second-order valence-corrected chi connectivity index (χ2v) is 7.53. The molecule has 118 valence electrons. The molecule has 0 amide bonds. The van der Waals surface area contributed by atoms with Gasteiger partial charge in [-0.15, -0.1) is 0 Å². The Kier molecular flexibility index (Phi) is 6.30. The van der Waals surface area contributed by atoms with Crippen molar-refractivity contribution < 1.29 is 22.7 Å². The lowest BCUT2D eigenvalue weighted by Crippen LogP contribution is -2.37. The van der Waals surface area contributed by atoms with Crippen LogP contribution in [0.3, 0.4) is 0 Å². The summed E-state index contributed by atoms with van der Waals surface area (Å²) >= 11 is 2.97. The van der Waals surface area contributed by atoms with E-state index in [4.69, 9.17) is 5.11 Å². The van der Waals surface area contributed by atoms with Gasteiger partial charge in [0.1, 0.15) is 5.82 Å². The number of carboxylic acid groups (broad SMARTS) is 1. The van der Waals surface area contributed by atoms with Crippen molar-refractivity contribution in [1.82, 2.24) is 4.31 Å². The number of carbonyl (C=O) groups is 1. The van der Waals surface area contributed by atoms with Crippen molar-refractivity contribution in [3.05, 3.63) is 28.5 Å². The molecular formula is C13H17BrFNO4S. The molecule has 1 aromatic carbocycles. The molecule has 0 spiro atoms. The molecule has 8 heteroatoms. The van der Waals surface area contributed by atoms with Crippen molar-refractivity contribution in [2.75, 3.05) is 6.54 Å². The van der Waals surface area contributed by atoms with Gasteiger partial charge in [-0.25, -0.2) is 12.8 Å². The van der Waals surface area contributed by atoms with Crippen LogP contribution in [0.4, 0.5) is 4.39 Å². The zero-order valence-corrected chi connectivity index (χ0v) is 14.1. The molecule has 0 fully saturated rings. The molecule has 0 aliphatic heterocycles. The standard InChI is InChI=1S/C13H17BrFNO4S/c1-9(2)16(7-3-4-13(17)18)21(19,20)10-5-6-11(14)12(15)8-10/h5-6,8-9H,3-4,7H2,1-2H3,(H,17,18). The first-order valence-corrected chi connectivity index (χ1v) is 8.58. The van der Waals surface area contributed by atoms with E-state index in [0.29, 0.717) is 0 Å². The van der Waals surface area contributed by atoms with Crippen molar-refractivity contribution in [3.8, 4) is 0 Å². The predicted octanol–water partition coefficient (Wildman–Crippen LogP) is 2.85. The van der Waals surface area contributed by atoms with Crippen molar-refractivity contribution in [2.45, 2.75) is 37.6 Å². The molecule has 0 aromatic heterocycles. The Bertz CT molecular complexity index is 619. The quantitative estimate of drug-likeness (QED) is 0.787. The van der Waals surface area contributed by atoms with Crippen molar-refractivity contribution in [2.24, 2.45) is 0 Å². The number of rotatable bonds is 7. The number of nitrogens with zero attached hydrogens (tertiary/aromatic N) is 1. The third-order valence-corrected chi connectivity index (χ3v) is 5.56. The van der Waals surface area contributed by atoms with Gasteiger partial charge in [-0.3, -0.25) is 4.79 Å². The SMILES string of the molecule is CC(C)N(CCCC(=O)O)S(=O)(=O)c1ccc(Br)c(F)c1. The van der Waals surface area contributed by atoms with E-state index >= 15 is 0 Å². The summed E-state index contributed by atoms with van der Waals surface area (Å²) in [6, 6.07) is 3.24. The van der Waals surface area contributed by atoms with E-state index < -0.39 is 21.8 Å². The molecule has 0 atom stereocenters. The fraction of sp³-hybridized carbons (Fsp3) is 0.462. The molecule has 1 aromatic rings. The van der Waals surface area contributed by atoms with Gasteiger partial charge in [0.05, 0.1) is 9.37 Å². The van der Waals surface area contributed by atoms with E-state index in [1.54, 1.807) is 13.8 Å². The first-order valence-electron chi connectivity index (χ1n) is 6.35. The normalized spacial score (nSPS) is 12.1. The summed E-state index contributed by atoms with van der Waals surface area (Å²) in [7, 11) is -3.86. The second-order valence-electron chi connectivity index (χ2n) is 4.78. The maximum atomic E-state index is 13.5. The van der Waals surface area contributed by atoms with Gasteiger partial charge in [0.15, 0.2) is 0 Å². The van der Waals surface area contributed by atoms with Crippen LogP contribution >= 0.6 is 15.9 Å². The van der Waals surface area contributed by atoms with Crippen LogP contribution in [0.5, 0.6) is 0 Å². The summed E-state index contributed by atoms with van der Waals surface area (Å²) in [5.74, 6) is -1.64. The van der Waals surface area contributed by atoms with Gasteiger partial charge in [-0.05, 0) is 54.4 Å². The lowest BCUT2D eigenvalue weighted by Gasteiger charge is -2.25. The third kappa shape index (κ3) is 4.76. The minimum Gasteiger partial charge on any atom is -0.481 e. The number of hydrogen-bond donors (Lipinski definition) is 1. The molecule has 5 nitrogen and oxygen atoms in total. The van der Waals surface area contributed by atoms with Gasteiger partial charge in [-0.1, -0.05) is 0 Å². The highest BCUT2D eigenvalue weighted by molar-refractivity contribution is 9.10. The van der Waals surface area contributed by atoms with E-state index in [-0.39, 0.29) is 34.8 Å². The Morgan fingerprint density at radius 2 is 2.05 bits per heavy atom. The fourth-order valence-corrected chi connectivity index (χ4v) is 3.75. The van der Waals surface area contributed by atoms with E-state index in [9.17, 15) is 17.6 Å². The van der Waals surface area contributed by atoms with Crippen LogP contribution in [-0.2, 0) is 14.8 Å². The minimum absolute atomic E-state index is 0.0734. The fourth-order valence-electron chi connectivity index (χ4n) is 1.81. The Labute approximate surface area is 131 Å². The molecule has 0 radical (unpaired) electrons. The minimum atomic E-state index is -3.86. The molecule has 0 saturated heterocycles. The molecule has 0 heterocycles. The highest BCUT2D eigenvalue weighted by Gasteiger charge is 2.27. The van der Waals surface area contributed by atoms with Gasteiger partial charge < -0.3 is 5.11 Å². The van der Waals surface area contributed by atoms with E-state index in [1.165, 1.54) is 16.4 Å². The first kappa shape index (κ1) is 18.1. The molecule has 0 aliphatic rings. The topological polar surface area (TPSA) is 74.7 Å². The van der Waals surface area contributed by atoms with Crippen molar-refractivity contribution in [3.63, 3.8) is 0 Å². The van der Waals surface area contributed by atoms with Crippen LogP contribution in [0.15, 0.2) is 27.6 Å². The highest BCUT2D eigenvalue weighted by Crippen LogP contribution is 2.23. The summed E-state index contributed by atoms with van der Waals surface area (Å²) < 4.78 is 39.9. The van der Waals surface area contributed by atoms with Crippen LogP contribution in [0.25, 0.3) is 0 Å². The molecule has 1 N–H and O–H groups in total. The maximum absolute atomic E-state index is 13.5. The summed E-state index contributed by atoms with van der Waals surface area (Å²) in [6.45, 7) is 3.45. The average molecular weight is 382 g/mol. The van der Waals surface area contributed by atoms with Crippen LogP contribution in [-0.4, -0.2) is 36.4 Å². The molecule has 0 unspecified atom stereocenters. The molecule has 21 heavy (non-hydrogen) atoms. The van der Waals surface area contributed by atoms with E-state index in [0.717, 1.165) is 6.07 Å². The number of sulfonamides is 1. The van der Waals surface area contributed by atoms with Crippen molar-refractivity contribution in [1.29, 1.82) is 0 Å². The maximum Gasteiger partial charge on any atom is 0.303 e. The number of carboxylic acids is 1. The number of benzene rings is 1. The summed E-state index contributed by atoms with van der Waals surface area (Å²) in [5, 5.41) is 8.63. The molecule has 0 saturated carbocycles. The van der Waals surface area contributed by atoms with Crippen molar-refractivity contribution >= 4 is 31.9 Å². The Balaban J connectivity index is 3.04. The van der Waals surface area contributed by atoms with Crippen LogP contribution in [0, 0.1) is 5.82 Å². The van der Waals surface area contributed by atoms with Gasteiger partial charge in [-0.2, -0.15) is 4.31 Å². The summed E-state index contributed by atoms with van der Waals surface area (Å²) in [5.41, 5.74) is 0. The molecule has 1 rings (SSSR count). The van der Waals surface area contributed by atoms with Gasteiger partial charge >= 0.3 is 5.97 Å². The lowest BCUT2D eigenvalue weighted by atomic mass is 10.3. The van der Waals surface area contributed by atoms with E-state index in [1.807, 2.05) is 0 Å². The predicted molar refractivity (Wildman–Crippen MR) is 80.0 cm³/mol.